The van der Waals surface area contributed by atoms with E-state index < -0.39 is 0 Å². The molecule has 0 saturated carbocycles. The molecule has 3 nitrogen and oxygen atoms in total. The van der Waals surface area contributed by atoms with Crippen LogP contribution in [0.25, 0.3) is 0 Å². The second-order valence-corrected chi connectivity index (χ2v) is 4.07. The lowest BCUT2D eigenvalue weighted by atomic mass is 10.3. The largest absolute Gasteiger partial charge is 0.382 e. The Bertz CT molecular complexity index is 323. The molecule has 0 saturated heterocycles. The maximum Gasteiger partial charge on any atom is 0.146 e. The lowest BCUT2D eigenvalue weighted by Crippen LogP contribution is -2.12. The fourth-order valence-corrected chi connectivity index (χ4v) is 1.50. The number of methoxy groups -OCH3 is 1. The molecule has 0 fully saturated rings. The predicted octanol–water partition coefficient (Wildman–Crippen LogP) is 2.66. The number of ether oxygens (including phenoxy) is 2. The fourth-order valence-electron chi connectivity index (χ4n) is 1.14. The van der Waals surface area contributed by atoms with Gasteiger partial charge in [0.05, 0.1) is 25.5 Å². The SMILES string of the molecule is COCCOCCNc1cc(Br)ccc1F. The number of rotatable bonds is 7. The lowest BCUT2D eigenvalue weighted by molar-refractivity contribution is 0.0759. The Hall–Kier alpha value is -0.650. The van der Waals surface area contributed by atoms with Gasteiger partial charge in [0, 0.05) is 18.1 Å². The van der Waals surface area contributed by atoms with Crippen LogP contribution in [-0.2, 0) is 9.47 Å². The summed E-state index contributed by atoms with van der Waals surface area (Å²) in [5, 5.41) is 2.96. The highest BCUT2D eigenvalue weighted by molar-refractivity contribution is 9.10. The van der Waals surface area contributed by atoms with Crippen LogP contribution in [0.5, 0.6) is 0 Å². The highest BCUT2D eigenvalue weighted by atomic mass is 79.9. The number of benzene rings is 1. The Morgan fingerprint density at radius 3 is 2.88 bits per heavy atom. The quantitative estimate of drug-likeness (QED) is 0.784. The van der Waals surface area contributed by atoms with E-state index in [0.717, 1.165) is 4.47 Å². The smallest absolute Gasteiger partial charge is 0.146 e. The standard InChI is InChI=1S/C11H15BrFNO2/c1-15-6-7-16-5-4-14-11-8-9(12)2-3-10(11)13/h2-3,8,14H,4-7H2,1H3. The van der Waals surface area contributed by atoms with E-state index in [4.69, 9.17) is 9.47 Å². The molecule has 0 bridgehead atoms. The molecule has 1 aromatic rings. The van der Waals surface area contributed by atoms with Gasteiger partial charge >= 0.3 is 0 Å². The summed E-state index contributed by atoms with van der Waals surface area (Å²) >= 11 is 3.29. The van der Waals surface area contributed by atoms with E-state index >= 15 is 0 Å². The molecule has 0 amide bonds. The molecule has 0 aliphatic heterocycles. The van der Waals surface area contributed by atoms with Crippen LogP contribution in [0.3, 0.4) is 0 Å². The Morgan fingerprint density at radius 1 is 1.31 bits per heavy atom. The Labute approximate surface area is 103 Å². The van der Waals surface area contributed by atoms with Crippen LogP contribution in [0, 0.1) is 5.82 Å². The summed E-state index contributed by atoms with van der Waals surface area (Å²) < 4.78 is 24.2. The van der Waals surface area contributed by atoms with Gasteiger partial charge in [-0.25, -0.2) is 4.39 Å². The molecule has 1 N–H and O–H groups in total. The summed E-state index contributed by atoms with van der Waals surface area (Å²) in [4.78, 5) is 0. The summed E-state index contributed by atoms with van der Waals surface area (Å²) in [5.41, 5.74) is 0.477. The molecule has 0 unspecified atom stereocenters. The van der Waals surface area contributed by atoms with Gasteiger partial charge in [0.2, 0.25) is 0 Å². The van der Waals surface area contributed by atoms with E-state index in [2.05, 4.69) is 21.2 Å². The number of hydrogen-bond acceptors (Lipinski definition) is 3. The zero-order valence-electron chi connectivity index (χ0n) is 9.13. The van der Waals surface area contributed by atoms with Crippen LogP contribution in [-0.4, -0.2) is 33.5 Å². The van der Waals surface area contributed by atoms with Crippen LogP contribution in [0.15, 0.2) is 22.7 Å². The zero-order valence-corrected chi connectivity index (χ0v) is 10.7. The van der Waals surface area contributed by atoms with Crippen molar-refractivity contribution in [1.82, 2.24) is 0 Å². The molecule has 1 rings (SSSR count). The minimum absolute atomic E-state index is 0.264. The van der Waals surface area contributed by atoms with Crippen LogP contribution in [0.4, 0.5) is 10.1 Å². The average Bonchev–Trinajstić information content (AvgIpc) is 2.28. The van der Waals surface area contributed by atoms with E-state index in [1.165, 1.54) is 6.07 Å². The van der Waals surface area contributed by atoms with Gasteiger partial charge in [0.1, 0.15) is 5.82 Å². The number of hydrogen-bond donors (Lipinski definition) is 1. The summed E-state index contributed by atoms with van der Waals surface area (Å²) in [6.07, 6.45) is 0. The number of anilines is 1. The maximum absolute atomic E-state index is 13.3. The molecule has 0 radical (unpaired) electrons. The molecule has 16 heavy (non-hydrogen) atoms. The third-order valence-electron chi connectivity index (χ3n) is 1.92. The summed E-state index contributed by atoms with van der Waals surface area (Å²) in [6, 6.07) is 4.78. The van der Waals surface area contributed by atoms with Crippen molar-refractivity contribution >= 4 is 21.6 Å². The van der Waals surface area contributed by atoms with Crippen LogP contribution >= 0.6 is 15.9 Å². The first kappa shape index (κ1) is 13.4. The summed E-state index contributed by atoms with van der Waals surface area (Å²) in [7, 11) is 1.62. The van der Waals surface area contributed by atoms with Gasteiger partial charge in [0.15, 0.2) is 0 Å². The average molecular weight is 292 g/mol. The van der Waals surface area contributed by atoms with Crippen molar-refractivity contribution in [2.45, 2.75) is 0 Å². The first-order chi connectivity index (χ1) is 7.74. The van der Waals surface area contributed by atoms with Crippen LogP contribution in [0.2, 0.25) is 0 Å². The van der Waals surface area contributed by atoms with Crippen molar-refractivity contribution in [1.29, 1.82) is 0 Å². The van der Waals surface area contributed by atoms with Crippen molar-refractivity contribution in [3.63, 3.8) is 0 Å². The van der Waals surface area contributed by atoms with Crippen molar-refractivity contribution in [3.05, 3.63) is 28.5 Å². The first-order valence-corrected chi connectivity index (χ1v) is 5.79. The molecule has 0 heterocycles. The van der Waals surface area contributed by atoms with Gasteiger partial charge in [-0.1, -0.05) is 15.9 Å². The van der Waals surface area contributed by atoms with E-state index in [1.807, 2.05) is 0 Å². The Balaban J connectivity index is 2.23. The number of nitrogens with one attached hydrogen (secondary N) is 1. The highest BCUT2D eigenvalue weighted by Crippen LogP contribution is 2.19. The third-order valence-corrected chi connectivity index (χ3v) is 2.42. The Morgan fingerprint density at radius 2 is 2.12 bits per heavy atom. The van der Waals surface area contributed by atoms with Crippen molar-refractivity contribution in [2.24, 2.45) is 0 Å². The fraction of sp³-hybridized carbons (Fsp3) is 0.455. The van der Waals surface area contributed by atoms with E-state index in [0.29, 0.717) is 32.1 Å². The molecular weight excluding hydrogens is 277 g/mol. The van der Waals surface area contributed by atoms with Gasteiger partial charge in [-0.15, -0.1) is 0 Å². The molecule has 5 heteroatoms. The molecule has 0 aromatic heterocycles. The monoisotopic (exact) mass is 291 g/mol. The second kappa shape index (κ2) is 7.60. The van der Waals surface area contributed by atoms with Gasteiger partial charge < -0.3 is 14.8 Å². The molecule has 0 aliphatic rings. The zero-order chi connectivity index (χ0) is 11.8. The van der Waals surface area contributed by atoms with Gasteiger partial charge in [-0.2, -0.15) is 0 Å². The van der Waals surface area contributed by atoms with Gasteiger partial charge in [0.25, 0.3) is 0 Å². The van der Waals surface area contributed by atoms with Crippen molar-refractivity contribution < 1.29 is 13.9 Å². The molecular formula is C11H15BrFNO2. The molecule has 0 aliphatic carbocycles. The second-order valence-electron chi connectivity index (χ2n) is 3.16. The summed E-state index contributed by atoms with van der Waals surface area (Å²) in [5.74, 6) is -0.264. The minimum Gasteiger partial charge on any atom is -0.382 e. The van der Waals surface area contributed by atoms with E-state index in [9.17, 15) is 4.39 Å². The van der Waals surface area contributed by atoms with Gasteiger partial charge in [-0.05, 0) is 18.2 Å². The minimum atomic E-state index is -0.264. The highest BCUT2D eigenvalue weighted by Gasteiger charge is 2.01. The molecule has 1 aromatic carbocycles. The van der Waals surface area contributed by atoms with Gasteiger partial charge in [-0.3, -0.25) is 0 Å². The van der Waals surface area contributed by atoms with E-state index in [1.54, 1.807) is 19.2 Å². The molecule has 0 spiro atoms. The topological polar surface area (TPSA) is 30.5 Å². The summed E-state index contributed by atoms with van der Waals surface area (Å²) in [6.45, 7) is 2.22. The van der Waals surface area contributed by atoms with Crippen LogP contribution < -0.4 is 5.32 Å². The Kier molecular flexibility index (Phi) is 6.37. The first-order valence-electron chi connectivity index (χ1n) is 4.99. The normalized spacial score (nSPS) is 10.4. The van der Waals surface area contributed by atoms with Crippen molar-refractivity contribution in [2.75, 3.05) is 38.8 Å². The van der Waals surface area contributed by atoms with E-state index in [-0.39, 0.29) is 5.82 Å². The maximum atomic E-state index is 13.3. The predicted molar refractivity (Wildman–Crippen MR) is 65.3 cm³/mol. The third kappa shape index (κ3) is 4.92. The van der Waals surface area contributed by atoms with Crippen LogP contribution in [0.1, 0.15) is 0 Å². The molecule has 0 atom stereocenters. The molecule has 90 valence electrons. The lowest BCUT2D eigenvalue weighted by Gasteiger charge is -2.08. The number of halogens is 2. The van der Waals surface area contributed by atoms with Crippen molar-refractivity contribution in [3.8, 4) is 0 Å².